The van der Waals surface area contributed by atoms with E-state index in [4.69, 9.17) is 0 Å². The van der Waals surface area contributed by atoms with Crippen LogP contribution in [-0.4, -0.2) is 0 Å². The molecule has 0 bridgehead atoms. The Labute approximate surface area is 72.9 Å². The van der Waals surface area contributed by atoms with Crippen molar-refractivity contribution in [2.24, 2.45) is 0 Å². The number of hydrogen-bond acceptors (Lipinski definition) is 0. The van der Waals surface area contributed by atoms with E-state index in [9.17, 15) is 13.2 Å². The smallest absolute Gasteiger partial charge is 0.184 e. The second-order valence-corrected chi connectivity index (χ2v) is 1.79. The van der Waals surface area contributed by atoms with Gasteiger partial charge in [-0.25, -0.2) is 0 Å². The molecule has 0 radical (unpaired) electrons. The third-order valence-electron chi connectivity index (χ3n) is 1.05. The quantitative estimate of drug-likeness (QED) is 0.454. The first kappa shape index (κ1) is 10.5. The Kier molecular flexibility index (Phi) is 3.63. The molecular formula is C7H4CuF3. The van der Waals surface area contributed by atoms with Crippen LogP contribution >= 0.6 is 0 Å². The topological polar surface area (TPSA) is 0 Å². The van der Waals surface area contributed by atoms with Gasteiger partial charge in [0.25, 0.3) is 0 Å². The molecule has 0 amide bonds. The molecule has 0 heterocycles. The van der Waals surface area contributed by atoms with Crippen molar-refractivity contribution in [3.8, 4) is 0 Å². The van der Waals surface area contributed by atoms with Crippen molar-refractivity contribution in [3.05, 3.63) is 35.9 Å². The second-order valence-electron chi connectivity index (χ2n) is 1.79. The molecule has 0 unspecified atom stereocenters. The fourth-order valence-corrected chi connectivity index (χ4v) is 0.576. The first-order valence-electron chi connectivity index (χ1n) is 2.64. The van der Waals surface area contributed by atoms with Crippen LogP contribution in [0.15, 0.2) is 24.3 Å². The molecule has 0 nitrogen and oxygen atoms in total. The largest absolute Gasteiger partial charge is 1.00 e. The fraction of sp³-hybridized carbons (Fsp3) is 0.143. The zero-order valence-electron chi connectivity index (χ0n) is 5.24. The van der Waals surface area contributed by atoms with Crippen molar-refractivity contribution in [2.45, 2.75) is 6.18 Å². The van der Waals surface area contributed by atoms with Gasteiger partial charge in [-0.3, -0.25) is 0 Å². The summed E-state index contributed by atoms with van der Waals surface area (Å²) in [7, 11) is 0. The molecule has 0 aliphatic rings. The molecule has 0 aromatic heterocycles. The van der Waals surface area contributed by atoms with Gasteiger partial charge in [0.15, 0.2) is 0 Å². The van der Waals surface area contributed by atoms with Gasteiger partial charge in [-0.2, -0.15) is 43.5 Å². The molecule has 0 fully saturated rings. The summed E-state index contributed by atoms with van der Waals surface area (Å²) >= 11 is 0. The van der Waals surface area contributed by atoms with Gasteiger partial charge in [0.2, 0.25) is 0 Å². The minimum Gasteiger partial charge on any atom is -0.184 e. The van der Waals surface area contributed by atoms with Gasteiger partial charge in [-0.1, -0.05) is 5.56 Å². The molecule has 64 valence electrons. The molecule has 1 aromatic rings. The first-order valence-corrected chi connectivity index (χ1v) is 2.64. The van der Waals surface area contributed by atoms with E-state index in [0.29, 0.717) is 0 Å². The van der Waals surface area contributed by atoms with E-state index in [1.807, 2.05) is 0 Å². The molecule has 0 spiro atoms. The molecule has 0 aliphatic heterocycles. The van der Waals surface area contributed by atoms with Crippen molar-refractivity contribution < 1.29 is 30.2 Å². The summed E-state index contributed by atoms with van der Waals surface area (Å²) in [5.41, 5.74) is -0.633. The standard InChI is InChI=1S/C7H4F3.Cu/c8-7(9,10)6-4-2-1-3-5-6;/h2-5H;/q-1;+1. The van der Waals surface area contributed by atoms with Crippen LogP contribution in [0, 0.1) is 6.07 Å². The van der Waals surface area contributed by atoms with Gasteiger partial charge >= 0.3 is 23.2 Å². The Morgan fingerprint density at radius 1 is 1.09 bits per heavy atom. The van der Waals surface area contributed by atoms with Crippen LogP contribution in [-0.2, 0) is 23.2 Å². The molecule has 0 atom stereocenters. The molecular weight excluding hydrogens is 205 g/mol. The maximum Gasteiger partial charge on any atom is 1.00 e. The van der Waals surface area contributed by atoms with Crippen molar-refractivity contribution in [1.82, 2.24) is 0 Å². The SMILES string of the molecule is FC(F)(F)c1cc[c-]cc1.[Cu+]. The maximum atomic E-state index is 11.8. The Bertz CT molecular complexity index is 205. The average Bonchev–Trinajstić information content (AvgIpc) is 1.88. The molecule has 4 heteroatoms. The number of rotatable bonds is 0. The molecule has 0 aliphatic carbocycles. The van der Waals surface area contributed by atoms with Crippen molar-refractivity contribution in [1.29, 1.82) is 0 Å². The maximum absolute atomic E-state index is 11.8. The third kappa shape index (κ3) is 2.95. The van der Waals surface area contributed by atoms with Gasteiger partial charge in [0.05, 0.1) is 0 Å². The van der Waals surface area contributed by atoms with Crippen LogP contribution in [0.25, 0.3) is 0 Å². The summed E-state index contributed by atoms with van der Waals surface area (Å²) < 4.78 is 35.3. The van der Waals surface area contributed by atoms with Crippen LogP contribution in [0.1, 0.15) is 5.56 Å². The predicted octanol–water partition coefficient (Wildman–Crippen LogP) is 2.50. The van der Waals surface area contributed by atoms with Crippen molar-refractivity contribution >= 4 is 0 Å². The van der Waals surface area contributed by atoms with Crippen LogP contribution in [0.5, 0.6) is 0 Å². The normalized spacial score (nSPS) is 10.5. The zero-order valence-corrected chi connectivity index (χ0v) is 6.19. The monoisotopic (exact) mass is 208 g/mol. The van der Waals surface area contributed by atoms with E-state index in [2.05, 4.69) is 6.07 Å². The summed E-state index contributed by atoms with van der Waals surface area (Å²) in [6.07, 6.45) is -4.23. The van der Waals surface area contributed by atoms with Crippen LogP contribution in [0.2, 0.25) is 0 Å². The van der Waals surface area contributed by atoms with Crippen molar-refractivity contribution in [2.75, 3.05) is 0 Å². The molecule has 1 aromatic carbocycles. The van der Waals surface area contributed by atoms with E-state index in [0.717, 1.165) is 12.1 Å². The summed E-state index contributed by atoms with van der Waals surface area (Å²) in [4.78, 5) is 0. The summed E-state index contributed by atoms with van der Waals surface area (Å²) in [5.74, 6) is 0. The molecule has 0 saturated carbocycles. The van der Waals surface area contributed by atoms with Gasteiger partial charge in [-0.15, -0.1) is 0 Å². The predicted molar refractivity (Wildman–Crippen MR) is 30.3 cm³/mol. The number of hydrogen-bond donors (Lipinski definition) is 0. The van der Waals surface area contributed by atoms with Gasteiger partial charge in [0, 0.05) is 0 Å². The van der Waals surface area contributed by atoms with Crippen LogP contribution < -0.4 is 0 Å². The number of halogens is 3. The van der Waals surface area contributed by atoms with E-state index >= 15 is 0 Å². The summed E-state index contributed by atoms with van der Waals surface area (Å²) in [6, 6.07) is 6.95. The van der Waals surface area contributed by atoms with Crippen LogP contribution in [0.4, 0.5) is 13.2 Å². The van der Waals surface area contributed by atoms with Gasteiger partial charge in [-0.05, 0) is 0 Å². The Hall–Kier alpha value is -0.471. The molecule has 1 rings (SSSR count). The van der Waals surface area contributed by atoms with Gasteiger partial charge < -0.3 is 0 Å². The average molecular weight is 209 g/mol. The molecule has 11 heavy (non-hydrogen) atoms. The molecule has 0 N–H and O–H groups in total. The zero-order chi connectivity index (χ0) is 7.61. The Morgan fingerprint density at radius 3 is 1.82 bits per heavy atom. The van der Waals surface area contributed by atoms with E-state index in [1.165, 1.54) is 12.1 Å². The van der Waals surface area contributed by atoms with Crippen molar-refractivity contribution in [3.63, 3.8) is 0 Å². The minimum absolute atomic E-state index is 0. The summed E-state index contributed by atoms with van der Waals surface area (Å²) in [5, 5.41) is 0. The Morgan fingerprint density at radius 2 is 1.55 bits per heavy atom. The fourth-order valence-electron chi connectivity index (χ4n) is 0.576. The second kappa shape index (κ2) is 3.79. The number of alkyl halides is 3. The van der Waals surface area contributed by atoms with E-state index < -0.39 is 11.7 Å². The van der Waals surface area contributed by atoms with E-state index in [-0.39, 0.29) is 17.1 Å². The number of benzene rings is 1. The Balaban J connectivity index is 0.000001000. The minimum atomic E-state index is -4.23. The van der Waals surface area contributed by atoms with Crippen LogP contribution in [0.3, 0.4) is 0 Å². The van der Waals surface area contributed by atoms with E-state index in [1.54, 1.807) is 0 Å². The third-order valence-corrected chi connectivity index (χ3v) is 1.05. The van der Waals surface area contributed by atoms with Gasteiger partial charge in [0.1, 0.15) is 0 Å². The first-order chi connectivity index (χ1) is 4.61. The summed E-state index contributed by atoms with van der Waals surface area (Å²) in [6.45, 7) is 0. The molecule has 0 saturated heterocycles.